The molecular weight excluding hydrogens is 403 g/mol. The summed E-state index contributed by atoms with van der Waals surface area (Å²) in [5, 5.41) is 20.0. The molecule has 2 unspecified atom stereocenters. The number of unbranched alkanes of at least 4 members (excludes halogenated alkanes) is 1. The standard InChI is InChI=1S/C23H29FN2O5/c1-2-3-12-17(22(29)25-31)26-19(15-10-7-11-16(24)13-15)18(21(28)23(26)30)20(27)14-8-5-4-6-9-14/h7,10-11,13-14,17,19,28,31H,2-6,8-9,12H2,1H3,(H,25,29). The van der Waals surface area contributed by atoms with Crippen LogP contribution in [0.5, 0.6) is 0 Å². The Labute approximate surface area is 180 Å². The fourth-order valence-corrected chi connectivity index (χ4v) is 4.65. The van der Waals surface area contributed by atoms with Crippen molar-refractivity contribution in [1.29, 1.82) is 0 Å². The van der Waals surface area contributed by atoms with Crippen molar-refractivity contribution in [2.24, 2.45) is 5.92 Å². The Hall–Kier alpha value is -2.74. The highest BCUT2D eigenvalue weighted by molar-refractivity contribution is 6.10. The summed E-state index contributed by atoms with van der Waals surface area (Å²) < 4.78 is 14.1. The number of carbonyl (C=O) groups excluding carboxylic acids is 3. The minimum absolute atomic E-state index is 0.0882. The number of nitrogens with zero attached hydrogens (tertiary/aromatic N) is 1. The van der Waals surface area contributed by atoms with Gasteiger partial charge in [-0.1, -0.05) is 51.2 Å². The minimum atomic E-state index is -1.12. The number of hydroxylamine groups is 1. The van der Waals surface area contributed by atoms with Gasteiger partial charge in [-0.3, -0.25) is 19.6 Å². The number of carbonyl (C=O) groups is 3. The van der Waals surface area contributed by atoms with E-state index in [-0.39, 0.29) is 23.7 Å². The third kappa shape index (κ3) is 4.63. The van der Waals surface area contributed by atoms with Crippen LogP contribution in [0, 0.1) is 11.7 Å². The summed E-state index contributed by atoms with van der Waals surface area (Å²) in [6, 6.07) is 3.24. The van der Waals surface area contributed by atoms with Crippen LogP contribution in [0.2, 0.25) is 0 Å². The fraction of sp³-hybridized carbons (Fsp3) is 0.522. The van der Waals surface area contributed by atoms with Gasteiger partial charge in [-0.15, -0.1) is 0 Å². The molecule has 0 saturated heterocycles. The molecule has 1 aromatic rings. The molecule has 168 valence electrons. The molecule has 0 aromatic heterocycles. The lowest BCUT2D eigenvalue weighted by molar-refractivity contribution is -0.144. The number of rotatable bonds is 8. The minimum Gasteiger partial charge on any atom is -0.503 e. The highest BCUT2D eigenvalue weighted by Crippen LogP contribution is 2.42. The molecule has 7 nitrogen and oxygen atoms in total. The summed E-state index contributed by atoms with van der Waals surface area (Å²) in [4.78, 5) is 40.1. The van der Waals surface area contributed by atoms with E-state index in [2.05, 4.69) is 0 Å². The number of nitrogens with one attached hydrogen (secondary N) is 1. The average molecular weight is 432 g/mol. The number of benzene rings is 1. The fourth-order valence-electron chi connectivity index (χ4n) is 4.65. The van der Waals surface area contributed by atoms with Crippen LogP contribution in [0.15, 0.2) is 35.6 Å². The maximum absolute atomic E-state index is 14.1. The van der Waals surface area contributed by atoms with Crippen LogP contribution in [-0.2, 0) is 14.4 Å². The maximum atomic E-state index is 14.1. The molecule has 1 aliphatic carbocycles. The van der Waals surface area contributed by atoms with Crippen LogP contribution in [-0.4, -0.2) is 38.9 Å². The number of Topliss-reactive ketones (excluding diaryl/α,β-unsaturated/α-hetero) is 1. The van der Waals surface area contributed by atoms with Crippen molar-refractivity contribution in [3.63, 3.8) is 0 Å². The molecule has 2 atom stereocenters. The van der Waals surface area contributed by atoms with E-state index in [4.69, 9.17) is 0 Å². The van der Waals surface area contributed by atoms with E-state index in [1.165, 1.54) is 18.2 Å². The van der Waals surface area contributed by atoms with Gasteiger partial charge in [0.05, 0.1) is 11.6 Å². The van der Waals surface area contributed by atoms with Gasteiger partial charge >= 0.3 is 0 Å². The van der Waals surface area contributed by atoms with Gasteiger partial charge < -0.3 is 10.0 Å². The predicted molar refractivity (Wildman–Crippen MR) is 110 cm³/mol. The second-order valence-corrected chi connectivity index (χ2v) is 8.27. The molecule has 31 heavy (non-hydrogen) atoms. The lowest BCUT2D eigenvalue weighted by Crippen LogP contribution is -2.49. The summed E-state index contributed by atoms with van der Waals surface area (Å²) in [6.07, 6.45) is 5.66. The summed E-state index contributed by atoms with van der Waals surface area (Å²) in [7, 11) is 0. The first-order valence-electron chi connectivity index (χ1n) is 10.9. The molecule has 3 rings (SSSR count). The highest BCUT2D eigenvalue weighted by Gasteiger charge is 2.49. The molecule has 3 N–H and O–H groups in total. The molecule has 0 radical (unpaired) electrons. The van der Waals surface area contributed by atoms with Crippen molar-refractivity contribution in [1.82, 2.24) is 10.4 Å². The van der Waals surface area contributed by atoms with Gasteiger partial charge in [-0.2, -0.15) is 0 Å². The van der Waals surface area contributed by atoms with Crippen molar-refractivity contribution < 1.29 is 29.1 Å². The van der Waals surface area contributed by atoms with Crippen LogP contribution in [0.3, 0.4) is 0 Å². The largest absolute Gasteiger partial charge is 0.503 e. The van der Waals surface area contributed by atoms with Crippen LogP contribution >= 0.6 is 0 Å². The molecule has 0 spiro atoms. The SMILES string of the molecule is CCCCC(C(=O)NO)N1C(=O)C(O)=C(C(=O)C2CCCCC2)C1c1cccc(F)c1. The van der Waals surface area contributed by atoms with Gasteiger partial charge in [-0.05, 0) is 37.0 Å². The predicted octanol–water partition coefficient (Wildman–Crippen LogP) is 3.73. The van der Waals surface area contributed by atoms with Gasteiger partial charge in [0.1, 0.15) is 11.9 Å². The van der Waals surface area contributed by atoms with Gasteiger partial charge in [0.15, 0.2) is 11.5 Å². The summed E-state index contributed by atoms with van der Waals surface area (Å²) in [5.41, 5.74) is 1.79. The van der Waals surface area contributed by atoms with E-state index in [1.807, 2.05) is 6.92 Å². The Morgan fingerprint density at radius 2 is 1.97 bits per heavy atom. The number of hydrogen-bond acceptors (Lipinski definition) is 5. The van der Waals surface area contributed by atoms with Gasteiger partial charge in [0, 0.05) is 5.92 Å². The normalized spacial score (nSPS) is 20.8. The topological polar surface area (TPSA) is 107 Å². The third-order valence-electron chi connectivity index (χ3n) is 6.23. The summed E-state index contributed by atoms with van der Waals surface area (Å²) in [6.45, 7) is 1.91. The second-order valence-electron chi connectivity index (χ2n) is 8.27. The number of amides is 2. The zero-order valence-electron chi connectivity index (χ0n) is 17.6. The molecule has 1 aromatic carbocycles. The van der Waals surface area contributed by atoms with Gasteiger partial charge in [0.2, 0.25) is 0 Å². The molecule has 1 heterocycles. The number of ketones is 1. The Bertz CT molecular complexity index is 878. The van der Waals surface area contributed by atoms with Crippen molar-refractivity contribution in [3.8, 4) is 0 Å². The quantitative estimate of drug-likeness (QED) is 0.429. The van der Waals surface area contributed by atoms with E-state index in [0.29, 0.717) is 24.8 Å². The average Bonchev–Trinajstić information content (AvgIpc) is 3.04. The lowest BCUT2D eigenvalue weighted by atomic mass is 9.81. The van der Waals surface area contributed by atoms with Gasteiger partial charge in [-0.25, -0.2) is 9.87 Å². The molecule has 2 amide bonds. The van der Waals surface area contributed by atoms with E-state index >= 15 is 0 Å². The zero-order chi connectivity index (χ0) is 22.5. The molecular formula is C23H29FN2O5. The van der Waals surface area contributed by atoms with Crippen molar-refractivity contribution >= 4 is 17.6 Å². The Morgan fingerprint density at radius 3 is 2.58 bits per heavy atom. The van der Waals surface area contributed by atoms with Crippen molar-refractivity contribution in [3.05, 3.63) is 47.0 Å². The molecule has 0 bridgehead atoms. The lowest BCUT2D eigenvalue weighted by Gasteiger charge is -2.33. The molecule has 1 saturated carbocycles. The van der Waals surface area contributed by atoms with Crippen LogP contribution in [0.1, 0.15) is 69.9 Å². The molecule has 1 aliphatic heterocycles. The number of aliphatic hydroxyl groups excluding tert-OH is 1. The van der Waals surface area contributed by atoms with Crippen LogP contribution in [0.4, 0.5) is 4.39 Å². The third-order valence-corrected chi connectivity index (χ3v) is 6.23. The monoisotopic (exact) mass is 432 g/mol. The molecule has 2 aliphatic rings. The molecule has 8 heteroatoms. The molecule has 1 fully saturated rings. The van der Waals surface area contributed by atoms with E-state index in [0.717, 1.165) is 30.6 Å². The summed E-state index contributed by atoms with van der Waals surface area (Å²) >= 11 is 0. The van der Waals surface area contributed by atoms with E-state index < -0.39 is 35.5 Å². The maximum Gasteiger partial charge on any atom is 0.290 e. The van der Waals surface area contributed by atoms with Crippen LogP contribution in [0.25, 0.3) is 0 Å². The highest BCUT2D eigenvalue weighted by atomic mass is 19.1. The van der Waals surface area contributed by atoms with E-state index in [9.17, 15) is 29.1 Å². The second kappa shape index (κ2) is 10.0. The van der Waals surface area contributed by atoms with Crippen molar-refractivity contribution in [2.45, 2.75) is 70.4 Å². The van der Waals surface area contributed by atoms with E-state index in [1.54, 1.807) is 11.5 Å². The number of hydrogen-bond donors (Lipinski definition) is 3. The summed E-state index contributed by atoms with van der Waals surface area (Å²) in [5.74, 6) is -3.59. The Balaban J connectivity index is 2.09. The Kier molecular flexibility index (Phi) is 7.43. The number of halogens is 1. The van der Waals surface area contributed by atoms with Crippen molar-refractivity contribution in [2.75, 3.05) is 0 Å². The van der Waals surface area contributed by atoms with Crippen LogP contribution < -0.4 is 5.48 Å². The Morgan fingerprint density at radius 1 is 1.26 bits per heavy atom. The van der Waals surface area contributed by atoms with Gasteiger partial charge in [0.25, 0.3) is 11.8 Å². The first kappa shape index (κ1) is 22.9. The smallest absolute Gasteiger partial charge is 0.290 e. The number of aliphatic hydroxyl groups is 1. The first-order valence-corrected chi connectivity index (χ1v) is 10.9. The first-order chi connectivity index (χ1) is 14.9. The zero-order valence-corrected chi connectivity index (χ0v) is 17.6.